The molecule has 0 radical (unpaired) electrons. The van der Waals surface area contributed by atoms with Gasteiger partial charge in [0.25, 0.3) is 10.0 Å². The third-order valence-corrected chi connectivity index (χ3v) is 5.32. The fourth-order valence-corrected chi connectivity index (χ4v) is 4.78. The largest absolute Gasteiger partial charge is 0.397 e. The van der Waals surface area contributed by atoms with E-state index in [0.717, 1.165) is 3.79 Å². The van der Waals surface area contributed by atoms with Gasteiger partial charge in [-0.3, -0.25) is 4.72 Å². The Morgan fingerprint density at radius 1 is 1.44 bits per heavy atom. The molecule has 0 aliphatic rings. The van der Waals surface area contributed by atoms with Crippen LogP contribution in [0, 0.1) is 6.92 Å². The first-order valence-electron chi connectivity index (χ1n) is 4.89. The van der Waals surface area contributed by atoms with Crippen molar-refractivity contribution in [2.24, 2.45) is 0 Å². The zero-order valence-electron chi connectivity index (χ0n) is 9.34. The van der Waals surface area contributed by atoms with Crippen LogP contribution in [0.25, 0.3) is 0 Å². The van der Waals surface area contributed by atoms with Crippen LogP contribution in [0.2, 0.25) is 0 Å². The van der Waals surface area contributed by atoms with Gasteiger partial charge in [-0.05, 0) is 41.1 Å². The number of anilines is 2. The van der Waals surface area contributed by atoms with Crippen LogP contribution in [0.4, 0.5) is 11.5 Å². The summed E-state index contributed by atoms with van der Waals surface area (Å²) in [4.78, 5) is 4.86. The number of sulfonamides is 1. The quantitative estimate of drug-likeness (QED) is 0.893. The van der Waals surface area contributed by atoms with E-state index >= 15 is 0 Å². The number of halogens is 1. The second-order valence-electron chi connectivity index (χ2n) is 3.55. The molecule has 0 aliphatic carbocycles. The van der Waals surface area contributed by atoms with Crippen molar-refractivity contribution in [2.45, 2.75) is 11.8 Å². The lowest BCUT2D eigenvalue weighted by atomic mass is 10.4. The number of nitrogens with zero attached hydrogens (tertiary/aromatic N) is 1. The summed E-state index contributed by atoms with van der Waals surface area (Å²) in [7, 11) is -3.61. The monoisotopic (exact) mass is 347 g/mol. The molecule has 18 heavy (non-hydrogen) atoms. The van der Waals surface area contributed by atoms with Crippen LogP contribution in [0.5, 0.6) is 0 Å². The highest BCUT2D eigenvalue weighted by atomic mass is 79.9. The Hall–Kier alpha value is -1.12. The van der Waals surface area contributed by atoms with Gasteiger partial charge >= 0.3 is 0 Å². The molecule has 3 N–H and O–H groups in total. The summed E-state index contributed by atoms with van der Waals surface area (Å²) in [5, 5.41) is 0. The fraction of sp³-hybridized carbons (Fsp3) is 0.100. The highest BCUT2D eigenvalue weighted by molar-refractivity contribution is 9.11. The number of hydrogen-bond donors (Lipinski definition) is 2. The van der Waals surface area contributed by atoms with Gasteiger partial charge < -0.3 is 5.73 Å². The first-order chi connectivity index (χ1) is 8.38. The number of aryl methyl sites for hydroxylation is 1. The van der Waals surface area contributed by atoms with Crippen molar-refractivity contribution in [1.82, 2.24) is 4.98 Å². The normalized spacial score (nSPS) is 11.4. The van der Waals surface area contributed by atoms with Crippen LogP contribution in [-0.2, 0) is 10.0 Å². The predicted octanol–water partition coefficient (Wildman–Crippen LogP) is 2.60. The summed E-state index contributed by atoms with van der Waals surface area (Å²) in [5.41, 5.74) is 5.96. The molecule has 0 bridgehead atoms. The van der Waals surface area contributed by atoms with Crippen LogP contribution >= 0.6 is 27.3 Å². The molecule has 2 heterocycles. The van der Waals surface area contributed by atoms with Crippen molar-refractivity contribution in [3.05, 3.63) is 33.1 Å². The highest BCUT2D eigenvalue weighted by Crippen LogP contribution is 2.30. The summed E-state index contributed by atoms with van der Waals surface area (Å²) < 4.78 is 27.4. The van der Waals surface area contributed by atoms with E-state index in [1.807, 2.05) is 0 Å². The number of hydrogen-bond acceptors (Lipinski definition) is 5. The molecule has 0 aliphatic heterocycles. The van der Waals surface area contributed by atoms with Gasteiger partial charge in [0.2, 0.25) is 0 Å². The Morgan fingerprint density at radius 3 is 2.67 bits per heavy atom. The van der Waals surface area contributed by atoms with E-state index < -0.39 is 10.0 Å². The third kappa shape index (κ3) is 2.82. The highest BCUT2D eigenvalue weighted by Gasteiger charge is 2.19. The molecule has 0 saturated carbocycles. The first-order valence-corrected chi connectivity index (χ1v) is 7.98. The molecule has 0 amide bonds. The number of nitrogens with two attached hydrogens (primary N) is 1. The maximum atomic E-state index is 12.1. The van der Waals surface area contributed by atoms with Crippen molar-refractivity contribution in [2.75, 3.05) is 10.5 Å². The van der Waals surface area contributed by atoms with Crippen molar-refractivity contribution >= 4 is 48.8 Å². The fourth-order valence-electron chi connectivity index (χ4n) is 1.36. The topological polar surface area (TPSA) is 85.1 Å². The van der Waals surface area contributed by atoms with Gasteiger partial charge in [-0.1, -0.05) is 0 Å². The molecule has 0 aromatic carbocycles. The van der Waals surface area contributed by atoms with Gasteiger partial charge in [-0.25, -0.2) is 13.4 Å². The zero-order valence-corrected chi connectivity index (χ0v) is 12.6. The Kier molecular flexibility index (Phi) is 3.60. The van der Waals surface area contributed by atoms with E-state index in [1.165, 1.54) is 23.6 Å². The van der Waals surface area contributed by atoms with Crippen molar-refractivity contribution in [3.63, 3.8) is 0 Å². The average Bonchev–Trinajstić information content (AvgIpc) is 2.62. The molecule has 8 heteroatoms. The lowest BCUT2D eigenvalue weighted by molar-refractivity contribution is 0.601. The van der Waals surface area contributed by atoms with E-state index in [9.17, 15) is 8.42 Å². The third-order valence-electron chi connectivity index (χ3n) is 2.16. The number of aromatic nitrogens is 1. The van der Waals surface area contributed by atoms with E-state index in [0.29, 0.717) is 10.6 Å². The Bertz CT molecular complexity index is 665. The summed E-state index contributed by atoms with van der Waals surface area (Å²) in [6, 6.07) is 4.67. The first kappa shape index (κ1) is 13.3. The van der Waals surface area contributed by atoms with Crippen LogP contribution in [0.15, 0.2) is 33.1 Å². The molecule has 2 aromatic rings. The molecule has 0 atom stereocenters. The standard InChI is InChI=1S/C10H10BrN3O2S2/c1-6-8(4-9(11)17-6)18(15,16)14-10-3-2-7(12)5-13-10/h2-5H,12H2,1H3,(H,13,14). The minimum absolute atomic E-state index is 0.242. The lowest BCUT2D eigenvalue weighted by Gasteiger charge is -2.06. The van der Waals surface area contributed by atoms with Gasteiger partial charge in [0.1, 0.15) is 10.7 Å². The molecule has 96 valence electrons. The summed E-state index contributed by atoms with van der Waals surface area (Å²) in [6.07, 6.45) is 1.40. The Morgan fingerprint density at radius 2 is 2.17 bits per heavy atom. The second kappa shape index (κ2) is 4.87. The summed E-state index contributed by atoms with van der Waals surface area (Å²) in [6.45, 7) is 1.75. The van der Waals surface area contributed by atoms with Crippen molar-refractivity contribution in [1.29, 1.82) is 0 Å². The number of rotatable bonds is 3. The average molecular weight is 348 g/mol. The Balaban J connectivity index is 2.33. The molecular formula is C10H10BrN3O2S2. The molecule has 5 nitrogen and oxygen atoms in total. The predicted molar refractivity (Wildman–Crippen MR) is 76.2 cm³/mol. The van der Waals surface area contributed by atoms with E-state index in [1.54, 1.807) is 19.1 Å². The molecule has 0 unspecified atom stereocenters. The summed E-state index contributed by atoms with van der Waals surface area (Å²) >= 11 is 4.63. The SMILES string of the molecule is Cc1sc(Br)cc1S(=O)(=O)Nc1ccc(N)cn1. The number of nitrogen functional groups attached to an aromatic ring is 1. The maximum Gasteiger partial charge on any atom is 0.264 e. The van der Waals surface area contributed by atoms with Crippen LogP contribution in [-0.4, -0.2) is 13.4 Å². The van der Waals surface area contributed by atoms with Gasteiger partial charge in [-0.15, -0.1) is 11.3 Å². The minimum Gasteiger partial charge on any atom is -0.397 e. The molecule has 0 saturated heterocycles. The van der Waals surface area contributed by atoms with Crippen molar-refractivity contribution < 1.29 is 8.42 Å². The van der Waals surface area contributed by atoms with E-state index in [2.05, 4.69) is 25.6 Å². The lowest BCUT2D eigenvalue weighted by Crippen LogP contribution is -2.14. The van der Waals surface area contributed by atoms with Crippen LogP contribution in [0.3, 0.4) is 0 Å². The van der Waals surface area contributed by atoms with Gasteiger partial charge in [0.05, 0.1) is 15.7 Å². The van der Waals surface area contributed by atoms with Gasteiger partial charge in [0.15, 0.2) is 0 Å². The number of pyridine rings is 1. The molecule has 2 rings (SSSR count). The summed E-state index contributed by atoms with van der Waals surface area (Å²) in [5.74, 6) is 0.242. The van der Waals surface area contributed by atoms with E-state index in [-0.39, 0.29) is 10.7 Å². The number of nitrogens with one attached hydrogen (secondary N) is 1. The molecule has 0 fully saturated rings. The zero-order chi connectivity index (χ0) is 13.3. The Labute approximate surface area is 117 Å². The van der Waals surface area contributed by atoms with Crippen molar-refractivity contribution in [3.8, 4) is 0 Å². The van der Waals surface area contributed by atoms with Crippen LogP contribution in [0.1, 0.15) is 4.88 Å². The van der Waals surface area contributed by atoms with E-state index in [4.69, 9.17) is 5.73 Å². The molecule has 0 spiro atoms. The molecule has 2 aromatic heterocycles. The minimum atomic E-state index is -3.61. The van der Waals surface area contributed by atoms with Gasteiger partial charge in [-0.2, -0.15) is 0 Å². The van der Waals surface area contributed by atoms with Crippen LogP contribution < -0.4 is 10.5 Å². The molecular weight excluding hydrogens is 338 g/mol. The number of thiophene rings is 1. The smallest absolute Gasteiger partial charge is 0.264 e. The second-order valence-corrected chi connectivity index (χ2v) is 7.84. The van der Waals surface area contributed by atoms with Gasteiger partial charge in [0, 0.05) is 4.88 Å². The maximum absolute atomic E-state index is 12.1.